The number of imidazole rings is 1. The van der Waals surface area contributed by atoms with Gasteiger partial charge in [-0.3, -0.25) is 9.20 Å². The van der Waals surface area contributed by atoms with Gasteiger partial charge >= 0.3 is 0 Å². The van der Waals surface area contributed by atoms with Crippen molar-refractivity contribution >= 4 is 25.6 Å². The number of halogens is 2. The van der Waals surface area contributed by atoms with E-state index in [4.69, 9.17) is 8.95 Å². The van der Waals surface area contributed by atoms with Gasteiger partial charge in [0.15, 0.2) is 0 Å². The zero-order valence-electron chi connectivity index (χ0n) is 25.2. The Balaban J connectivity index is 1.34. The molecule has 1 aliphatic rings. The summed E-state index contributed by atoms with van der Waals surface area (Å²) in [6.07, 6.45) is 2.91. The van der Waals surface area contributed by atoms with Gasteiger partial charge in [0.1, 0.15) is 11.3 Å². The number of nitrogens with one attached hydrogen (secondary N) is 1. The molecule has 224 valence electrons. The molecule has 11 heteroatoms. The molecule has 8 nitrogen and oxygen atoms in total. The molecule has 0 radical (unpaired) electrons. The highest BCUT2D eigenvalue weighted by atomic mass is 28.4. The second kappa shape index (κ2) is 11.3. The highest BCUT2D eigenvalue weighted by molar-refractivity contribution is 6.77. The Kier molecular flexibility index (Phi) is 8.10. The van der Waals surface area contributed by atoms with Gasteiger partial charge < -0.3 is 14.3 Å². The summed E-state index contributed by atoms with van der Waals surface area (Å²) in [6, 6.07) is 9.31. The van der Waals surface area contributed by atoms with E-state index in [0.717, 1.165) is 11.1 Å². The van der Waals surface area contributed by atoms with Crippen molar-refractivity contribution in [2.45, 2.75) is 96.4 Å². The number of hydrogen-bond acceptors (Lipinski definition) is 6. The lowest BCUT2D eigenvalue weighted by Crippen LogP contribution is -2.47. The largest absolute Gasteiger partial charge is 0.412 e. The van der Waals surface area contributed by atoms with E-state index >= 15 is 0 Å². The number of anilines is 1. The van der Waals surface area contributed by atoms with Gasteiger partial charge in [0.2, 0.25) is 26.0 Å². The lowest BCUT2D eigenvalue weighted by atomic mass is 9.81. The van der Waals surface area contributed by atoms with Crippen molar-refractivity contribution in [3.05, 3.63) is 65.4 Å². The van der Waals surface area contributed by atoms with Crippen LogP contribution in [0.1, 0.15) is 87.8 Å². The molecule has 0 bridgehead atoms. The number of pyridine rings is 1. The summed E-state index contributed by atoms with van der Waals surface area (Å²) in [6.45, 7) is 15.9. The van der Waals surface area contributed by atoms with E-state index in [1.807, 2.05) is 37.4 Å². The minimum Gasteiger partial charge on any atom is -0.412 e. The van der Waals surface area contributed by atoms with E-state index in [9.17, 15) is 13.6 Å². The van der Waals surface area contributed by atoms with Crippen molar-refractivity contribution in [2.24, 2.45) is 0 Å². The summed E-state index contributed by atoms with van der Waals surface area (Å²) in [5.41, 5.74) is 5.47. The summed E-state index contributed by atoms with van der Waals surface area (Å²) in [5, 5.41) is 6.98. The van der Waals surface area contributed by atoms with Crippen LogP contribution in [0.2, 0.25) is 16.6 Å². The summed E-state index contributed by atoms with van der Waals surface area (Å²) < 4.78 is 40.4. The number of carbonyl (C=O) groups is 1. The molecular weight excluding hydrogens is 556 g/mol. The first kappa shape index (κ1) is 30.0. The number of aryl methyl sites for hydroxylation is 1. The van der Waals surface area contributed by atoms with Gasteiger partial charge in [0, 0.05) is 36.2 Å². The average molecular weight is 596 g/mol. The van der Waals surface area contributed by atoms with Crippen LogP contribution < -0.4 is 5.32 Å². The summed E-state index contributed by atoms with van der Waals surface area (Å²) in [4.78, 5) is 22.2. The molecule has 1 fully saturated rings. The van der Waals surface area contributed by atoms with Crippen LogP contribution in [0.15, 0.2) is 47.2 Å². The van der Waals surface area contributed by atoms with Gasteiger partial charge in [-0.25, -0.2) is 13.8 Å². The maximum atomic E-state index is 13.5. The normalized spacial score (nSPS) is 15.6. The number of hydrogen-bond donors (Lipinski definition) is 1. The molecule has 3 aromatic heterocycles. The molecular formula is C31H39F2N5O3Si. The van der Waals surface area contributed by atoms with Crippen molar-refractivity contribution in [3.63, 3.8) is 0 Å². The fourth-order valence-electron chi connectivity index (χ4n) is 6.42. The highest BCUT2D eigenvalue weighted by Crippen LogP contribution is 2.48. The number of benzene rings is 1. The molecule has 1 aliphatic carbocycles. The van der Waals surface area contributed by atoms with Gasteiger partial charge in [0.05, 0.1) is 12.8 Å². The Labute approximate surface area is 246 Å². The van der Waals surface area contributed by atoms with Crippen molar-refractivity contribution in [2.75, 3.05) is 5.32 Å². The van der Waals surface area contributed by atoms with Crippen LogP contribution in [0.3, 0.4) is 0 Å². The maximum Gasteiger partial charge on any atom is 0.274 e. The number of rotatable bonds is 10. The predicted octanol–water partition coefficient (Wildman–Crippen LogP) is 8.15. The van der Waals surface area contributed by atoms with Crippen LogP contribution in [0, 0.1) is 6.92 Å². The third-order valence-corrected chi connectivity index (χ3v) is 14.7. The van der Waals surface area contributed by atoms with Crippen LogP contribution in [0.25, 0.3) is 17.0 Å². The highest BCUT2D eigenvalue weighted by Gasteiger charge is 2.48. The molecule has 0 unspecified atom stereocenters. The van der Waals surface area contributed by atoms with E-state index in [-0.39, 0.29) is 24.6 Å². The van der Waals surface area contributed by atoms with Crippen molar-refractivity contribution in [1.82, 2.24) is 19.5 Å². The average Bonchev–Trinajstić information content (AvgIpc) is 3.56. The van der Waals surface area contributed by atoms with E-state index in [0.29, 0.717) is 51.6 Å². The third kappa shape index (κ3) is 5.64. The first-order valence-electron chi connectivity index (χ1n) is 14.5. The minimum absolute atomic E-state index is 0.211. The lowest BCUT2D eigenvalue weighted by molar-refractivity contribution is -0.0925. The Morgan fingerprint density at radius 2 is 1.81 bits per heavy atom. The second-order valence-electron chi connectivity index (χ2n) is 12.4. The molecule has 5 rings (SSSR count). The second-order valence-corrected chi connectivity index (χ2v) is 17.9. The Hall–Kier alpha value is -3.44. The minimum atomic E-state index is -2.67. The van der Waals surface area contributed by atoms with Gasteiger partial charge in [-0.1, -0.05) is 64.9 Å². The first-order chi connectivity index (χ1) is 19.8. The van der Waals surface area contributed by atoms with Crippen LogP contribution in [-0.2, 0) is 11.0 Å². The first-order valence-corrected chi connectivity index (χ1v) is 16.7. The monoisotopic (exact) mass is 595 g/mol. The zero-order valence-corrected chi connectivity index (χ0v) is 26.2. The molecule has 1 saturated carbocycles. The molecule has 3 heterocycles. The fraction of sp³-hybridized carbons (Fsp3) is 0.484. The number of fused-ring (bicyclic) bond motifs is 1. The van der Waals surface area contributed by atoms with Crippen molar-refractivity contribution < 1.29 is 22.5 Å². The molecule has 1 N–H and O–H groups in total. The van der Waals surface area contributed by atoms with Gasteiger partial charge in [-0.2, -0.15) is 4.98 Å². The number of carbonyl (C=O) groups excluding carboxylic acids is 1. The van der Waals surface area contributed by atoms with Crippen molar-refractivity contribution in [1.29, 1.82) is 0 Å². The molecule has 0 saturated heterocycles. The Bertz CT molecular complexity index is 1570. The summed E-state index contributed by atoms with van der Waals surface area (Å²) in [5.74, 6) is -2.92. The molecule has 1 amide bonds. The van der Waals surface area contributed by atoms with Crippen LogP contribution in [0.4, 0.5) is 14.5 Å². The third-order valence-electron chi connectivity index (χ3n) is 8.62. The maximum absolute atomic E-state index is 13.5. The Morgan fingerprint density at radius 1 is 1.12 bits per heavy atom. The van der Waals surface area contributed by atoms with E-state index in [1.165, 1.54) is 0 Å². The molecule has 0 aliphatic heterocycles. The molecule has 0 atom stereocenters. The standard InChI is InChI=1S/C31H39F2N5O3Si/c1-18(2)42(19(3)4,20(5)6)40-17-22-9-11-27-34-15-26(38(27)16-22)29(39)35-25-12-23(10-8-21(25)7)28-36-30(41-37-28)24-13-31(32,33)14-24/h8-12,15-16,18-20,24H,13-14,17H2,1-7H3,(H,35,39). The number of aromatic nitrogens is 4. The van der Waals surface area contributed by atoms with Gasteiger partial charge in [-0.05, 0) is 46.8 Å². The quantitative estimate of drug-likeness (QED) is 0.186. The number of alkyl halides is 2. The Morgan fingerprint density at radius 3 is 2.45 bits per heavy atom. The molecule has 4 aromatic rings. The lowest BCUT2D eigenvalue weighted by Gasteiger charge is -2.42. The summed E-state index contributed by atoms with van der Waals surface area (Å²) in [7, 11) is -2.05. The smallest absolute Gasteiger partial charge is 0.274 e. The van der Waals surface area contributed by atoms with Gasteiger partial charge in [-0.15, -0.1) is 0 Å². The van der Waals surface area contributed by atoms with E-state index in [2.05, 4.69) is 62.0 Å². The fourth-order valence-corrected chi connectivity index (χ4v) is 11.8. The van der Waals surface area contributed by atoms with Crippen LogP contribution >= 0.6 is 0 Å². The number of nitrogens with zero attached hydrogens (tertiary/aromatic N) is 4. The SMILES string of the molecule is Cc1ccc(-c2noc(C3CC(F)(F)C3)n2)cc1NC(=O)c1cnc2ccc(CO[Si](C(C)C)(C(C)C)C(C)C)cn12. The van der Waals surface area contributed by atoms with E-state index < -0.39 is 20.2 Å². The number of amides is 1. The van der Waals surface area contributed by atoms with E-state index in [1.54, 1.807) is 16.7 Å². The molecule has 0 spiro atoms. The topological polar surface area (TPSA) is 94.6 Å². The van der Waals surface area contributed by atoms with Crippen LogP contribution in [-0.4, -0.2) is 39.7 Å². The van der Waals surface area contributed by atoms with Gasteiger partial charge in [0.25, 0.3) is 5.91 Å². The predicted molar refractivity (Wildman–Crippen MR) is 160 cm³/mol. The molecule has 1 aromatic carbocycles. The van der Waals surface area contributed by atoms with Crippen LogP contribution in [0.5, 0.6) is 0 Å². The molecule has 42 heavy (non-hydrogen) atoms. The zero-order chi connectivity index (χ0) is 30.4. The van der Waals surface area contributed by atoms with Crippen molar-refractivity contribution in [3.8, 4) is 11.4 Å². The summed E-state index contributed by atoms with van der Waals surface area (Å²) >= 11 is 0.